The Morgan fingerprint density at radius 3 is 2.48 bits per heavy atom. The number of rotatable bonds is 2. The summed E-state index contributed by atoms with van der Waals surface area (Å²) in [4.78, 5) is 13.5. The smallest absolute Gasteiger partial charge is 0.252 e. The van der Waals surface area contributed by atoms with E-state index in [9.17, 15) is 24.5 Å². The van der Waals surface area contributed by atoms with Crippen LogP contribution < -0.4 is 5.56 Å². The van der Waals surface area contributed by atoms with Crippen molar-refractivity contribution in [2.24, 2.45) is 0 Å². The second-order valence-electron chi connectivity index (χ2n) is 5.73. The molecular weight excluding hydrogens is 300 g/mol. The molecule has 0 bridgehead atoms. The van der Waals surface area contributed by atoms with Crippen LogP contribution in [0.4, 0.5) is 4.39 Å². The maximum Gasteiger partial charge on any atom is 0.252 e. The van der Waals surface area contributed by atoms with Crippen LogP contribution >= 0.6 is 12.2 Å². The molecule has 0 unspecified atom stereocenters. The van der Waals surface area contributed by atoms with Gasteiger partial charge < -0.3 is 24.6 Å². The van der Waals surface area contributed by atoms with Crippen molar-refractivity contribution in [3.8, 4) is 0 Å². The van der Waals surface area contributed by atoms with Crippen molar-refractivity contribution in [3.05, 3.63) is 27.4 Å². The Hall–Kier alpha value is -0.935. The van der Waals surface area contributed by atoms with E-state index in [4.69, 9.17) is 17.0 Å². The number of aromatic nitrogens is 2. The quantitative estimate of drug-likeness (QED) is 0.324. The lowest BCUT2D eigenvalue weighted by molar-refractivity contribution is -0.242. The first-order chi connectivity index (χ1) is 9.43. The van der Waals surface area contributed by atoms with Crippen molar-refractivity contribution < 1.29 is 24.4 Å². The van der Waals surface area contributed by atoms with Crippen LogP contribution in [0.25, 0.3) is 0 Å². The molecule has 1 aromatic heterocycles. The number of hydrogen-bond acceptors (Lipinski definition) is 6. The van der Waals surface area contributed by atoms with Crippen molar-refractivity contribution in [3.63, 3.8) is 0 Å². The zero-order valence-electron chi connectivity index (χ0n) is 11.7. The van der Waals surface area contributed by atoms with Crippen LogP contribution in [0, 0.1) is 4.77 Å². The van der Waals surface area contributed by atoms with Gasteiger partial charge in [0.25, 0.3) is 11.4 Å². The van der Waals surface area contributed by atoms with E-state index in [1.807, 2.05) is 0 Å². The fourth-order valence-electron chi connectivity index (χ4n) is 2.36. The zero-order valence-corrected chi connectivity index (χ0v) is 12.5. The average molecular weight is 314 g/mol. The van der Waals surface area contributed by atoms with Gasteiger partial charge in [-0.3, -0.25) is 9.78 Å². The summed E-state index contributed by atoms with van der Waals surface area (Å²) >= 11 is 4.96. The molecule has 1 aliphatic rings. The van der Waals surface area contributed by atoms with E-state index in [2.05, 4.69) is 4.98 Å². The highest BCUT2D eigenvalue weighted by atomic mass is 32.1. The van der Waals surface area contributed by atoms with Gasteiger partial charge in [-0.2, -0.15) is 0 Å². The molecule has 0 amide bonds. The minimum Gasteiger partial charge on any atom is -0.402 e. The van der Waals surface area contributed by atoms with Gasteiger partial charge >= 0.3 is 0 Å². The van der Waals surface area contributed by atoms with Gasteiger partial charge in [-0.1, -0.05) is 0 Å². The maximum absolute atomic E-state index is 14.9. The molecular formula is C9H14B3FN2O5S. The van der Waals surface area contributed by atoms with Gasteiger partial charge in [-0.15, -0.1) is 0 Å². The molecule has 12 heteroatoms. The average Bonchev–Trinajstić information content (AvgIpc) is 2.51. The van der Waals surface area contributed by atoms with Crippen LogP contribution in [0.1, 0.15) is 0 Å². The summed E-state index contributed by atoms with van der Waals surface area (Å²) in [6.07, 6.45) is -2.50. The number of nitrogens with zero attached hydrogens (tertiary/aromatic N) is 1. The van der Waals surface area contributed by atoms with E-state index in [0.29, 0.717) is 0 Å². The minimum absolute atomic E-state index is 0.115. The standard InChI is InChI=1S/C9H14B3FN2O5S/c10-8(15-2-1-3(16)14-6(15)21)5(18)4(17)7(13,20-8)9(11,12)19/h1-2,4-5,17-19H,10-12H2,(H,14,16,21)/t4-,5+,7-,8-/m0/s1. The maximum atomic E-state index is 14.9. The van der Waals surface area contributed by atoms with Crippen molar-refractivity contribution in [2.45, 2.75) is 29.1 Å². The van der Waals surface area contributed by atoms with Gasteiger partial charge in [0.1, 0.15) is 33.5 Å². The first-order valence-electron chi connectivity index (χ1n) is 6.23. The third kappa shape index (κ3) is 2.31. The van der Waals surface area contributed by atoms with Gasteiger partial charge in [0.05, 0.1) is 5.40 Å². The van der Waals surface area contributed by atoms with Crippen molar-refractivity contribution in [1.82, 2.24) is 9.55 Å². The summed E-state index contributed by atoms with van der Waals surface area (Å²) in [6.45, 7) is 0. The molecule has 4 atom stereocenters. The van der Waals surface area contributed by atoms with E-state index in [0.717, 1.165) is 26.3 Å². The summed E-state index contributed by atoms with van der Waals surface area (Å²) in [7, 11) is 3.52. The number of H-pyrrole nitrogens is 1. The first-order valence-corrected chi connectivity index (χ1v) is 6.64. The van der Waals surface area contributed by atoms with E-state index in [1.165, 1.54) is 14.0 Å². The number of aliphatic hydroxyl groups excluding tert-OH is 2. The summed E-state index contributed by atoms with van der Waals surface area (Å²) in [6, 6.07) is 1.12. The molecule has 0 saturated carbocycles. The normalized spacial score (nSPS) is 36.8. The van der Waals surface area contributed by atoms with Crippen LogP contribution in [0.5, 0.6) is 0 Å². The Morgan fingerprint density at radius 1 is 1.48 bits per heavy atom. The summed E-state index contributed by atoms with van der Waals surface area (Å²) in [5, 5.41) is 28.0. The number of aliphatic hydroxyl groups is 3. The summed E-state index contributed by atoms with van der Waals surface area (Å²) < 4.78 is 21.0. The summed E-state index contributed by atoms with van der Waals surface area (Å²) in [5.41, 5.74) is -2.27. The van der Waals surface area contributed by atoms with Crippen molar-refractivity contribution in [2.75, 3.05) is 0 Å². The Morgan fingerprint density at radius 2 is 2.05 bits per heavy atom. The predicted molar refractivity (Wildman–Crippen MR) is 81.4 cm³/mol. The molecule has 4 N–H and O–H groups in total. The highest BCUT2D eigenvalue weighted by Gasteiger charge is 2.66. The zero-order chi connectivity index (χ0) is 16.2. The topological polar surface area (TPSA) is 108 Å². The molecule has 21 heavy (non-hydrogen) atoms. The minimum atomic E-state index is -2.91. The SMILES string of the molecule is BC(B)(O)[C@@]1(F)O[C@@](B)(n2ccc(=O)[nH]c2=S)[C@H](O)[C@@H]1O. The number of alkyl halides is 1. The molecule has 1 aromatic rings. The number of aromatic amines is 1. The molecule has 0 aromatic carbocycles. The van der Waals surface area contributed by atoms with Crippen LogP contribution in [-0.2, 0) is 10.4 Å². The monoisotopic (exact) mass is 314 g/mol. The molecule has 2 rings (SSSR count). The second-order valence-corrected chi connectivity index (χ2v) is 6.12. The second kappa shape index (κ2) is 4.78. The third-order valence-corrected chi connectivity index (χ3v) is 4.02. The van der Waals surface area contributed by atoms with Crippen LogP contribution in [0.15, 0.2) is 17.1 Å². The summed E-state index contributed by atoms with van der Waals surface area (Å²) in [5.74, 6) is -2.91. The van der Waals surface area contributed by atoms with Gasteiger partial charge in [0, 0.05) is 12.3 Å². The number of nitrogens with one attached hydrogen (secondary N) is 1. The van der Waals surface area contributed by atoms with E-state index in [-0.39, 0.29) is 4.77 Å². The van der Waals surface area contributed by atoms with Crippen LogP contribution in [0.3, 0.4) is 0 Å². The Bertz CT molecular complexity index is 678. The van der Waals surface area contributed by atoms with Crippen LogP contribution in [-0.4, -0.2) is 71.9 Å². The Balaban J connectivity index is 2.59. The van der Waals surface area contributed by atoms with E-state index in [1.54, 1.807) is 0 Å². The van der Waals surface area contributed by atoms with Crippen LogP contribution in [0.2, 0.25) is 0 Å². The number of ether oxygens (including phenoxy) is 1. The van der Waals surface area contributed by atoms with E-state index < -0.39 is 34.6 Å². The molecule has 1 saturated heterocycles. The number of hydrogen-bond donors (Lipinski definition) is 4. The van der Waals surface area contributed by atoms with Gasteiger partial charge in [0.15, 0.2) is 12.6 Å². The Kier molecular flexibility index (Phi) is 3.74. The third-order valence-electron chi connectivity index (χ3n) is 3.72. The largest absolute Gasteiger partial charge is 0.402 e. The highest BCUT2D eigenvalue weighted by Crippen LogP contribution is 2.44. The van der Waals surface area contributed by atoms with Gasteiger partial charge in [0.2, 0.25) is 0 Å². The molecule has 0 radical (unpaired) electrons. The van der Waals surface area contributed by atoms with E-state index >= 15 is 0 Å². The number of halogens is 1. The predicted octanol–water partition coefficient (Wildman–Crippen LogP) is -4.52. The van der Waals surface area contributed by atoms with Crippen molar-refractivity contribution in [1.29, 1.82) is 0 Å². The lowest BCUT2D eigenvalue weighted by atomic mass is 9.59. The Labute approximate surface area is 127 Å². The van der Waals surface area contributed by atoms with Crippen molar-refractivity contribution >= 4 is 35.8 Å². The lowest BCUT2D eigenvalue weighted by Crippen LogP contribution is -2.59. The van der Waals surface area contributed by atoms with Gasteiger partial charge in [-0.25, -0.2) is 4.39 Å². The van der Waals surface area contributed by atoms with Gasteiger partial charge in [-0.05, 0) is 12.2 Å². The molecule has 7 nitrogen and oxygen atoms in total. The molecule has 112 valence electrons. The molecule has 2 heterocycles. The fraction of sp³-hybridized carbons (Fsp3) is 0.556. The molecule has 1 fully saturated rings. The highest BCUT2D eigenvalue weighted by molar-refractivity contribution is 7.71. The lowest BCUT2D eigenvalue weighted by Gasteiger charge is -2.36. The fourth-order valence-corrected chi connectivity index (χ4v) is 2.71. The first kappa shape index (κ1) is 16.4. The molecule has 0 aliphatic carbocycles. The molecule has 0 spiro atoms. The molecule has 1 aliphatic heterocycles.